The molecule has 0 saturated heterocycles. The number of rotatable bonds is 0. The first-order chi connectivity index (χ1) is 12.8. The molecule has 0 amide bonds. The van der Waals surface area contributed by atoms with Crippen LogP contribution in [0.3, 0.4) is 0 Å². The van der Waals surface area contributed by atoms with Crippen molar-refractivity contribution >= 4 is 21.7 Å². The Bertz CT molecular complexity index is 1190. The number of aryl methyl sites for hydroxylation is 1. The van der Waals surface area contributed by atoms with E-state index in [1.165, 1.54) is 43.9 Å². The molecule has 0 atom stereocenters. The largest absolute Gasteiger partial charge is 4.00 e. The van der Waals surface area contributed by atoms with Gasteiger partial charge in [-0.15, -0.1) is 46.0 Å². The molecule has 0 fully saturated rings. The Morgan fingerprint density at radius 2 is 1.55 bits per heavy atom. The van der Waals surface area contributed by atoms with Gasteiger partial charge in [-0.25, -0.2) is 0 Å². The van der Waals surface area contributed by atoms with E-state index in [9.17, 15) is 0 Å². The van der Waals surface area contributed by atoms with Gasteiger partial charge in [0.25, 0.3) is 0 Å². The summed E-state index contributed by atoms with van der Waals surface area (Å²) in [5.74, 6) is 0. The molecule has 1 aliphatic rings. The summed E-state index contributed by atoms with van der Waals surface area (Å²) in [5.41, 5.74) is 6.83. The maximum Gasteiger partial charge on any atom is 4.00 e. The Balaban J connectivity index is 0.000000187. The molecular weight excluding hydrogens is 476 g/mol. The van der Waals surface area contributed by atoms with Crippen molar-refractivity contribution in [1.82, 2.24) is 4.57 Å². The van der Waals surface area contributed by atoms with Crippen LogP contribution >= 0.6 is 0 Å². The second kappa shape index (κ2) is 9.85. The van der Waals surface area contributed by atoms with Crippen molar-refractivity contribution in [1.29, 1.82) is 0 Å². The molecule has 0 saturated carbocycles. The van der Waals surface area contributed by atoms with E-state index in [4.69, 9.17) is 0 Å². The monoisotopic (exact) mass is 493 g/mol. The number of aromatic nitrogens is 1. The molecule has 1 nitrogen and oxygen atoms in total. The third-order valence-corrected chi connectivity index (χ3v) is 5.28. The minimum absolute atomic E-state index is 0. The summed E-state index contributed by atoms with van der Waals surface area (Å²) in [7, 11) is 2.08. The van der Waals surface area contributed by atoms with Crippen LogP contribution in [0.4, 0.5) is 0 Å². The van der Waals surface area contributed by atoms with Gasteiger partial charge in [0, 0.05) is 7.05 Å². The predicted octanol–water partition coefficient (Wildman–Crippen LogP) is 0.114. The number of benzene rings is 3. The number of halogens is 2. The molecule has 0 radical (unpaired) electrons. The van der Waals surface area contributed by atoms with Gasteiger partial charge in [0.15, 0.2) is 0 Å². The molecule has 6 rings (SSSR count). The van der Waals surface area contributed by atoms with Crippen LogP contribution in [-0.4, -0.2) is 4.57 Å². The number of nitrogens with zero attached hydrogens (tertiary/aromatic N) is 1. The van der Waals surface area contributed by atoms with Crippen molar-refractivity contribution in [2.24, 2.45) is 7.05 Å². The number of hydrogen-bond acceptors (Lipinski definition) is 0. The van der Waals surface area contributed by atoms with Gasteiger partial charge < -0.3 is 29.4 Å². The number of hydrogen-bond donors (Lipinski definition) is 0. The van der Waals surface area contributed by atoms with Crippen molar-refractivity contribution in [3.05, 3.63) is 102 Å². The third-order valence-electron chi connectivity index (χ3n) is 5.28. The Labute approximate surface area is 203 Å². The predicted molar refractivity (Wildman–Crippen MR) is 110 cm³/mol. The van der Waals surface area contributed by atoms with E-state index >= 15 is 0 Å². The van der Waals surface area contributed by atoms with Crippen molar-refractivity contribution in [3.8, 4) is 11.1 Å². The molecular formula is C25H19Cl2NZr. The zero-order chi connectivity index (χ0) is 17.5. The van der Waals surface area contributed by atoms with Crippen LogP contribution in [-0.2, 0) is 39.7 Å². The van der Waals surface area contributed by atoms with E-state index in [2.05, 4.69) is 96.7 Å². The number of fused-ring (bicyclic) bond motifs is 6. The minimum atomic E-state index is 0. The van der Waals surface area contributed by atoms with Crippen molar-refractivity contribution < 1.29 is 51.0 Å². The molecule has 4 aromatic carbocycles. The first-order valence-corrected chi connectivity index (χ1v) is 8.98. The minimum Gasteiger partial charge on any atom is -1.00 e. The van der Waals surface area contributed by atoms with Crippen LogP contribution in [0.25, 0.3) is 32.8 Å². The Morgan fingerprint density at radius 3 is 2.41 bits per heavy atom. The van der Waals surface area contributed by atoms with E-state index in [0.29, 0.717) is 0 Å². The van der Waals surface area contributed by atoms with Gasteiger partial charge >= 0.3 is 26.2 Å². The van der Waals surface area contributed by atoms with Crippen LogP contribution < -0.4 is 24.8 Å². The van der Waals surface area contributed by atoms with Gasteiger partial charge in [-0.2, -0.15) is 29.8 Å². The first-order valence-electron chi connectivity index (χ1n) is 8.98. The van der Waals surface area contributed by atoms with Crippen molar-refractivity contribution in [2.75, 3.05) is 0 Å². The standard InChI is InChI=1S/C13H9.C12H10N.2ClH.Zr/c1-3-7-12-10(5-1)9-11-6-2-4-8-13(11)12;1-13-7-6-11-10-5-3-2-4-9(10)8-12(11)13;;;/h1-5,7-8H,9H2;2-8H,1H3;2*1H;/q2*-1;;;+4/p-2. The topological polar surface area (TPSA) is 4.93 Å². The average Bonchev–Trinajstić information content (AvgIpc) is 3.35. The van der Waals surface area contributed by atoms with Crippen LogP contribution in [0.15, 0.2) is 85.1 Å². The summed E-state index contributed by atoms with van der Waals surface area (Å²) in [6.07, 6.45) is 3.16. The molecule has 1 aromatic heterocycles. The molecule has 0 N–H and O–H groups in total. The fourth-order valence-electron chi connectivity index (χ4n) is 3.96. The second-order valence-corrected chi connectivity index (χ2v) is 6.85. The van der Waals surface area contributed by atoms with Crippen LogP contribution in [0.2, 0.25) is 0 Å². The zero-order valence-corrected chi connectivity index (χ0v) is 20.0. The Kier molecular flexibility index (Phi) is 8.00. The molecule has 29 heavy (non-hydrogen) atoms. The van der Waals surface area contributed by atoms with Crippen molar-refractivity contribution in [2.45, 2.75) is 6.42 Å². The zero-order valence-electron chi connectivity index (χ0n) is 16.0. The van der Waals surface area contributed by atoms with Gasteiger partial charge in [0.2, 0.25) is 0 Å². The van der Waals surface area contributed by atoms with Gasteiger partial charge in [0.1, 0.15) is 0 Å². The maximum absolute atomic E-state index is 3.30. The molecule has 0 unspecified atom stereocenters. The fraction of sp³-hybridized carbons (Fsp3) is 0.0800. The van der Waals surface area contributed by atoms with E-state index in [1.54, 1.807) is 0 Å². The summed E-state index contributed by atoms with van der Waals surface area (Å²) in [6, 6.07) is 31.0. The Morgan fingerprint density at radius 1 is 0.828 bits per heavy atom. The van der Waals surface area contributed by atoms with Crippen molar-refractivity contribution in [3.63, 3.8) is 0 Å². The van der Waals surface area contributed by atoms with E-state index in [1.807, 2.05) is 6.07 Å². The quantitative estimate of drug-likeness (QED) is 0.264. The summed E-state index contributed by atoms with van der Waals surface area (Å²) >= 11 is 0. The van der Waals surface area contributed by atoms with Crippen LogP contribution in [0.5, 0.6) is 0 Å². The second-order valence-electron chi connectivity index (χ2n) is 6.85. The van der Waals surface area contributed by atoms with Gasteiger partial charge in [0.05, 0.1) is 0 Å². The Hall–Kier alpha value is -1.73. The maximum atomic E-state index is 3.30. The van der Waals surface area contributed by atoms with Crippen LogP contribution in [0, 0.1) is 6.07 Å². The molecule has 0 aliphatic heterocycles. The fourth-order valence-corrected chi connectivity index (χ4v) is 3.96. The molecule has 0 bridgehead atoms. The molecule has 0 spiro atoms. The summed E-state index contributed by atoms with van der Waals surface area (Å²) in [5, 5.41) is 4.06. The summed E-state index contributed by atoms with van der Waals surface area (Å²) in [6.45, 7) is 0. The molecule has 142 valence electrons. The molecule has 1 aliphatic carbocycles. The smallest absolute Gasteiger partial charge is 1.00 e. The average molecular weight is 496 g/mol. The van der Waals surface area contributed by atoms with Crippen LogP contribution in [0.1, 0.15) is 11.1 Å². The summed E-state index contributed by atoms with van der Waals surface area (Å²) in [4.78, 5) is 0. The molecule has 1 heterocycles. The normalized spacial score (nSPS) is 10.7. The SMILES string of the molecule is Cn1ccc2c3ccccc3[cH-]c21.[Cl-].[Cl-].[Zr+4].[c-]1cccc2c1Cc1ccccc1-2. The van der Waals surface area contributed by atoms with E-state index < -0.39 is 0 Å². The van der Waals surface area contributed by atoms with Gasteiger partial charge in [-0.1, -0.05) is 47.5 Å². The van der Waals surface area contributed by atoms with Gasteiger partial charge in [-0.3, -0.25) is 0 Å². The molecule has 5 aromatic rings. The van der Waals surface area contributed by atoms with Gasteiger partial charge in [-0.05, 0) is 18.1 Å². The first kappa shape index (κ1) is 23.6. The summed E-state index contributed by atoms with van der Waals surface area (Å²) < 4.78 is 2.16. The van der Waals surface area contributed by atoms with E-state index in [0.717, 1.165) is 6.42 Å². The van der Waals surface area contributed by atoms with E-state index in [-0.39, 0.29) is 51.0 Å². The third kappa shape index (κ3) is 4.26. The molecule has 4 heteroatoms.